The average Bonchev–Trinajstić information content (AvgIpc) is 3.02. The first-order chi connectivity index (χ1) is 21.3. The molecule has 1 saturated heterocycles. The second-order valence-corrected chi connectivity index (χ2v) is 12.0. The molecule has 3 aromatic rings. The van der Waals surface area contributed by atoms with Crippen LogP contribution < -0.4 is 4.74 Å². The number of piperazine rings is 1. The smallest absolute Gasteiger partial charge is 0.414 e. The van der Waals surface area contributed by atoms with E-state index in [4.69, 9.17) is 29.3 Å². The first-order valence-corrected chi connectivity index (χ1v) is 15.2. The number of carbonyl (C=O) groups is 2. The highest BCUT2D eigenvalue weighted by Crippen LogP contribution is 2.31. The normalized spacial score (nSPS) is 15.3. The molecule has 0 radical (unpaired) electrons. The molecule has 0 aliphatic carbocycles. The Balaban J connectivity index is 0.000000838. The van der Waals surface area contributed by atoms with Crippen LogP contribution in [0.15, 0.2) is 77.7 Å². The van der Waals surface area contributed by atoms with Crippen LogP contribution in [0.1, 0.15) is 22.8 Å². The Morgan fingerprint density at radius 2 is 1.51 bits per heavy atom. The monoisotopic (exact) mass is 645 g/mol. The van der Waals surface area contributed by atoms with Gasteiger partial charge in [-0.2, -0.15) is 4.31 Å². The summed E-state index contributed by atoms with van der Waals surface area (Å²) in [6, 6.07) is 21.6. The number of benzene rings is 3. The number of aliphatic carboxylic acids is 2. The zero-order valence-electron chi connectivity index (χ0n) is 24.7. The van der Waals surface area contributed by atoms with Crippen molar-refractivity contribution in [3.8, 4) is 5.75 Å². The number of rotatable bonds is 11. The number of hydrogen-bond acceptors (Lipinski definition) is 10. The molecule has 0 spiro atoms. The molecule has 2 unspecified atom stereocenters. The molecule has 1 heterocycles. The van der Waals surface area contributed by atoms with Gasteiger partial charge in [-0.05, 0) is 30.2 Å². The molecule has 1 aliphatic heterocycles. The van der Waals surface area contributed by atoms with Crippen LogP contribution in [0.4, 0.5) is 5.69 Å². The van der Waals surface area contributed by atoms with Crippen molar-refractivity contribution >= 4 is 27.6 Å². The fraction of sp³-hybridized carbons (Fsp3) is 0.333. The maximum atomic E-state index is 13.1. The number of aryl methyl sites for hydroxylation is 1. The maximum Gasteiger partial charge on any atom is 0.414 e. The van der Waals surface area contributed by atoms with E-state index < -0.39 is 38.7 Å². The minimum absolute atomic E-state index is 0.00291. The molecule has 3 aromatic carbocycles. The number of carboxylic acids is 2. The van der Waals surface area contributed by atoms with Gasteiger partial charge in [-0.25, -0.2) is 18.0 Å². The molecule has 0 bridgehead atoms. The average molecular weight is 646 g/mol. The van der Waals surface area contributed by atoms with Crippen LogP contribution in [0.2, 0.25) is 0 Å². The molecule has 1 fully saturated rings. The Morgan fingerprint density at radius 1 is 0.933 bits per heavy atom. The second-order valence-electron chi connectivity index (χ2n) is 10.1. The van der Waals surface area contributed by atoms with E-state index in [-0.39, 0.29) is 36.4 Å². The van der Waals surface area contributed by atoms with Crippen LogP contribution >= 0.6 is 0 Å². The summed E-state index contributed by atoms with van der Waals surface area (Å²) in [4.78, 5) is 30.7. The van der Waals surface area contributed by atoms with Crippen molar-refractivity contribution in [2.45, 2.75) is 24.0 Å². The summed E-state index contributed by atoms with van der Waals surface area (Å²) in [6.07, 6.45) is -1.09. The lowest BCUT2D eigenvalue weighted by Gasteiger charge is -2.35. The van der Waals surface area contributed by atoms with Crippen molar-refractivity contribution in [2.75, 3.05) is 46.4 Å². The SMILES string of the molecule is COc1ccc(S(=O)(=O)N2CCN(CC(O)COC(c3ccccc3)c3ccc(C)cc3)CC2)cc1[N+](=O)[O-].O=C(O)C(=O)O. The van der Waals surface area contributed by atoms with Crippen LogP contribution in [0.25, 0.3) is 0 Å². The standard InChI is InChI=1S/C28H33N3O7S.C2H2O4/c1-21-8-10-23(11-9-21)28(22-6-4-3-5-7-22)38-20-24(32)19-29-14-16-30(17-15-29)39(35,36)25-12-13-27(37-2)26(18-25)31(33)34;3-1(4)2(5)6/h3-13,18,24,28,32H,14-17,19-20H2,1-2H3;(H,3,4)(H,5,6). The minimum atomic E-state index is -3.92. The number of aliphatic hydroxyl groups is 1. The number of carboxylic acid groups (broad SMARTS) is 2. The number of sulfonamides is 1. The molecule has 14 nitrogen and oxygen atoms in total. The molecule has 2 atom stereocenters. The molecular weight excluding hydrogens is 610 g/mol. The van der Waals surface area contributed by atoms with Gasteiger partial charge in [0.05, 0.1) is 29.6 Å². The Labute approximate surface area is 260 Å². The van der Waals surface area contributed by atoms with Crippen molar-refractivity contribution in [1.82, 2.24) is 9.21 Å². The van der Waals surface area contributed by atoms with Gasteiger partial charge < -0.3 is 24.8 Å². The van der Waals surface area contributed by atoms with Crippen LogP contribution in [-0.4, -0.2) is 102 Å². The summed E-state index contributed by atoms with van der Waals surface area (Å²) in [5.41, 5.74) is 2.74. The summed E-state index contributed by atoms with van der Waals surface area (Å²) in [6.45, 7) is 3.69. The lowest BCUT2D eigenvalue weighted by Crippen LogP contribution is -2.50. The van der Waals surface area contributed by atoms with Crippen molar-refractivity contribution in [1.29, 1.82) is 0 Å². The third-order valence-corrected chi connectivity index (χ3v) is 8.80. The van der Waals surface area contributed by atoms with Crippen LogP contribution in [0.3, 0.4) is 0 Å². The summed E-state index contributed by atoms with van der Waals surface area (Å²) >= 11 is 0. The third-order valence-electron chi connectivity index (χ3n) is 6.91. The van der Waals surface area contributed by atoms with E-state index in [9.17, 15) is 23.6 Å². The molecule has 1 aliphatic rings. The van der Waals surface area contributed by atoms with Gasteiger partial charge in [-0.15, -0.1) is 0 Å². The number of methoxy groups -OCH3 is 1. The van der Waals surface area contributed by atoms with Gasteiger partial charge in [0.15, 0.2) is 5.75 Å². The van der Waals surface area contributed by atoms with Gasteiger partial charge in [0.2, 0.25) is 10.0 Å². The van der Waals surface area contributed by atoms with Crippen molar-refractivity contribution in [2.24, 2.45) is 0 Å². The fourth-order valence-corrected chi connectivity index (χ4v) is 6.03. The minimum Gasteiger partial charge on any atom is -0.490 e. The van der Waals surface area contributed by atoms with E-state index >= 15 is 0 Å². The second kappa shape index (κ2) is 16.1. The van der Waals surface area contributed by atoms with Gasteiger partial charge in [-0.1, -0.05) is 60.2 Å². The van der Waals surface area contributed by atoms with E-state index in [0.29, 0.717) is 19.6 Å². The number of nitro groups is 1. The lowest BCUT2D eigenvalue weighted by atomic mass is 10.0. The highest BCUT2D eigenvalue weighted by molar-refractivity contribution is 7.89. The summed E-state index contributed by atoms with van der Waals surface area (Å²) in [7, 11) is -2.63. The van der Waals surface area contributed by atoms with E-state index in [1.165, 1.54) is 23.5 Å². The molecule has 3 N–H and O–H groups in total. The predicted octanol–water partition coefficient (Wildman–Crippen LogP) is 2.54. The highest BCUT2D eigenvalue weighted by Gasteiger charge is 2.31. The Morgan fingerprint density at radius 3 is 2.04 bits per heavy atom. The molecular formula is C30H35N3O11S. The quantitative estimate of drug-likeness (QED) is 0.157. The number of hydrogen-bond donors (Lipinski definition) is 3. The maximum absolute atomic E-state index is 13.1. The number of β-amino-alcohol motifs (C(OH)–C–C–N with tert-alkyl or cyclic N) is 1. The number of aliphatic hydroxyl groups excluding tert-OH is 1. The van der Waals surface area contributed by atoms with Gasteiger partial charge in [0.1, 0.15) is 6.10 Å². The highest BCUT2D eigenvalue weighted by atomic mass is 32.2. The molecule has 0 aromatic heterocycles. The van der Waals surface area contributed by atoms with Gasteiger partial charge in [0.25, 0.3) is 0 Å². The van der Waals surface area contributed by atoms with Crippen molar-refractivity contribution < 1.29 is 47.7 Å². The van der Waals surface area contributed by atoms with Gasteiger partial charge in [-0.3, -0.25) is 15.0 Å². The van der Waals surface area contributed by atoms with Crippen molar-refractivity contribution in [3.63, 3.8) is 0 Å². The zero-order chi connectivity index (χ0) is 33.1. The Hall–Kier alpha value is -4.41. The van der Waals surface area contributed by atoms with Crippen LogP contribution in [-0.2, 0) is 24.3 Å². The van der Waals surface area contributed by atoms with E-state index in [1.807, 2.05) is 66.4 Å². The lowest BCUT2D eigenvalue weighted by molar-refractivity contribution is -0.386. The van der Waals surface area contributed by atoms with Gasteiger partial charge >= 0.3 is 17.6 Å². The zero-order valence-corrected chi connectivity index (χ0v) is 25.5. The summed E-state index contributed by atoms with van der Waals surface area (Å²) in [5, 5.41) is 36.9. The van der Waals surface area contributed by atoms with Crippen LogP contribution in [0.5, 0.6) is 5.75 Å². The van der Waals surface area contributed by atoms with Crippen molar-refractivity contribution in [3.05, 3.63) is 99.6 Å². The van der Waals surface area contributed by atoms with E-state index in [1.54, 1.807) is 0 Å². The first-order valence-electron chi connectivity index (χ1n) is 13.8. The summed E-state index contributed by atoms with van der Waals surface area (Å²) in [5.74, 6) is -3.65. The topological polar surface area (TPSA) is 197 Å². The first kappa shape index (κ1) is 35.1. The number of nitro benzene ring substituents is 1. The molecule has 4 rings (SSSR count). The molecule has 0 saturated carbocycles. The van der Waals surface area contributed by atoms with E-state index in [2.05, 4.69) is 0 Å². The number of nitrogens with zero attached hydrogens (tertiary/aromatic N) is 3. The molecule has 15 heteroatoms. The third kappa shape index (κ3) is 9.79. The Kier molecular flexibility index (Phi) is 12.5. The molecule has 45 heavy (non-hydrogen) atoms. The molecule has 242 valence electrons. The predicted molar refractivity (Wildman–Crippen MR) is 162 cm³/mol. The van der Waals surface area contributed by atoms with Crippen LogP contribution in [0, 0.1) is 17.0 Å². The fourth-order valence-electron chi connectivity index (χ4n) is 4.59. The molecule has 0 amide bonds. The van der Waals surface area contributed by atoms with E-state index in [0.717, 1.165) is 22.8 Å². The summed E-state index contributed by atoms with van der Waals surface area (Å²) < 4.78 is 38.7. The number of ether oxygens (including phenoxy) is 2. The largest absolute Gasteiger partial charge is 0.490 e. The Bertz CT molecular complexity index is 1550. The van der Waals surface area contributed by atoms with Gasteiger partial charge in [0, 0.05) is 38.8 Å².